The number of carbonyl (C=O) groups is 2. The minimum Gasteiger partial charge on any atom is -0.337 e. The van der Waals surface area contributed by atoms with Crippen LogP contribution in [0.3, 0.4) is 0 Å². The average Bonchev–Trinajstić information content (AvgIpc) is 3.39. The standard InChI is InChI=1S/C25H23N3O2S2/c1-17-6-4-7-18(16-17)24(29)27-12-5-13-28(15-14-27)25(30)22-11-10-21(31-22)23-26-19-8-2-3-9-20(19)32-23/h2-4,6-11,16H,5,12-15H2,1H3. The van der Waals surface area contributed by atoms with E-state index >= 15 is 0 Å². The molecule has 2 aromatic heterocycles. The van der Waals surface area contributed by atoms with Crippen molar-refractivity contribution < 1.29 is 9.59 Å². The number of thiazole rings is 1. The minimum atomic E-state index is 0.0345. The van der Waals surface area contributed by atoms with Crippen molar-refractivity contribution in [2.24, 2.45) is 0 Å². The first-order chi connectivity index (χ1) is 15.6. The molecule has 32 heavy (non-hydrogen) atoms. The molecule has 0 radical (unpaired) electrons. The predicted octanol–water partition coefficient (Wildman–Crippen LogP) is 5.32. The third-order valence-corrected chi connectivity index (χ3v) is 7.94. The Morgan fingerprint density at radius 2 is 1.62 bits per heavy atom. The van der Waals surface area contributed by atoms with Gasteiger partial charge in [0.15, 0.2) is 0 Å². The number of benzene rings is 2. The summed E-state index contributed by atoms with van der Waals surface area (Å²) >= 11 is 3.14. The average molecular weight is 462 g/mol. The van der Waals surface area contributed by atoms with Gasteiger partial charge >= 0.3 is 0 Å². The zero-order valence-corrected chi connectivity index (χ0v) is 19.4. The van der Waals surface area contributed by atoms with E-state index in [4.69, 9.17) is 4.98 Å². The highest BCUT2D eigenvalue weighted by Crippen LogP contribution is 2.34. The van der Waals surface area contributed by atoms with Gasteiger partial charge in [-0.15, -0.1) is 22.7 Å². The molecular weight excluding hydrogens is 438 g/mol. The normalized spacial score (nSPS) is 14.5. The number of amides is 2. The number of hydrogen-bond donors (Lipinski definition) is 0. The van der Waals surface area contributed by atoms with Gasteiger partial charge in [-0.25, -0.2) is 4.98 Å². The van der Waals surface area contributed by atoms with Crippen molar-refractivity contribution in [3.05, 3.63) is 76.7 Å². The summed E-state index contributed by atoms with van der Waals surface area (Å²) in [5, 5.41) is 0.945. The van der Waals surface area contributed by atoms with Gasteiger partial charge in [0.1, 0.15) is 5.01 Å². The smallest absolute Gasteiger partial charge is 0.264 e. The Morgan fingerprint density at radius 3 is 2.41 bits per heavy atom. The quantitative estimate of drug-likeness (QED) is 0.415. The molecule has 7 heteroatoms. The minimum absolute atomic E-state index is 0.0345. The third-order valence-electron chi connectivity index (χ3n) is 5.66. The van der Waals surface area contributed by atoms with E-state index in [-0.39, 0.29) is 11.8 Å². The lowest BCUT2D eigenvalue weighted by Crippen LogP contribution is -2.37. The van der Waals surface area contributed by atoms with Crippen molar-refractivity contribution >= 4 is 44.7 Å². The summed E-state index contributed by atoms with van der Waals surface area (Å²) < 4.78 is 1.15. The molecule has 0 saturated carbocycles. The van der Waals surface area contributed by atoms with Crippen LogP contribution in [0.15, 0.2) is 60.7 Å². The maximum Gasteiger partial charge on any atom is 0.264 e. The van der Waals surface area contributed by atoms with Crippen LogP contribution in [-0.2, 0) is 0 Å². The van der Waals surface area contributed by atoms with Crippen LogP contribution < -0.4 is 0 Å². The van der Waals surface area contributed by atoms with E-state index in [0.29, 0.717) is 31.7 Å². The molecule has 4 aromatic rings. The first kappa shape index (κ1) is 20.8. The number of rotatable bonds is 3. The van der Waals surface area contributed by atoms with Gasteiger partial charge < -0.3 is 9.80 Å². The number of fused-ring (bicyclic) bond motifs is 1. The monoisotopic (exact) mass is 461 g/mol. The van der Waals surface area contributed by atoms with Crippen LogP contribution in [-0.4, -0.2) is 52.8 Å². The second-order valence-corrected chi connectivity index (χ2v) is 10.1. The van der Waals surface area contributed by atoms with E-state index in [1.807, 2.05) is 71.3 Å². The molecule has 2 aromatic carbocycles. The van der Waals surface area contributed by atoms with Gasteiger partial charge in [0.05, 0.1) is 20.0 Å². The van der Waals surface area contributed by atoms with Crippen molar-refractivity contribution in [1.29, 1.82) is 0 Å². The number of aryl methyl sites for hydroxylation is 1. The highest BCUT2D eigenvalue weighted by Gasteiger charge is 2.25. The summed E-state index contributed by atoms with van der Waals surface area (Å²) in [6, 6.07) is 19.6. The number of hydrogen-bond acceptors (Lipinski definition) is 5. The van der Waals surface area contributed by atoms with Crippen molar-refractivity contribution in [3.8, 4) is 9.88 Å². The summed E-state index contributed by atoms with van der Waals surface area (Å²) in [7, 11) is 0. The Balaban J connectivity index is 1.28. The largest absolute Gasteiger partial charge is 0.337 e. The SMILES string of the molecule is Cc1cccc(C(=O)N2CCCN(C(=O)c3ccc(-c4nc5ccccc5s4)s3)CC2)c1. The van der Waals surface area contributed by atoms with Crippen LogP contribution in [0.2, 0.25) is 0 Å². The molecule has 0 unspecified atom stereocenters. The van der Waals surface area contributed by atoms with Gasteiger partial charge in [-0.1, -0.05) is 29.8 Å². The molecule has 2 amide bonds. The topological polar surface area (TPSA) is 53.5 Å². The van der Waals surface area contributed by atoms with Gasteiger partial charge in [-0.05, 0) is 49.7 Å². The van der Waals surface area contributed by atoms with E-state index in [0.717, 1.165) is 37.0 Å². The molecule has 1 aliphatic rings. The molecule has 1 fully saturated rings. The number of thiophene rings is 1. The van der Waals surface area contributed by atoms with Crippen molar-refractivity contribution in [1.82, 2.24) is 14.8 Å². The zero-order valence-electron chi connectivity index (χ0n) is 17.8. The van der Waals surface area contributed by atoms with E-state index in [1.54, 1.807) is 11.3 Å². The van der Waals surface area contributed by atoms with Crippen LogP contribution in [0.5, 0.6) is 0 Å². The predicted molar refractivity (Wildman–Crippen MR) is 131 cm³/mol. The molecule has 5 nitrogen and oxygen atoms in total. The summed E-state index contributed by atoms with van der Waals surface area (Å²) in [5.74, 6) is 0.0736. The number of carbonyl (C=O) groups excluding carboxylic acids is 2. The van der Waals surface area contributed by atoms with Crippen LogP contribution >= 0.6 is 22.7 Å². The number of nitrogens with zero attached hydrogens (tertiary/aromatic N) is 3. The van der Waals surface area contributed by atoms with Crippen LogP contribution in [0.25, 0.3) is 20.1 Å². The van der Waals surface area contributed by atoms with Gasteiger partial charge in [0.25, 0.3) is 11.8 Å². The van der Waals surface area contributed by atoms with E-state index < -0.39 is 0 Å². The zero-order chi connectivity index (χ0) is 22.1. The molecule has 1 saturated heterocycles. The summed E-state index contributed by atoms with van der Waals surface area (Å²) in [4.78, 5) is 36.3. The molecule has 0 aliphatic carbocycles. The Labute approximate surface area is 194 Å². The highest BCUT2D eigenvalue weighted by molar-refractivity contribution is 7.26. The first-order valence-corrected chi connectivity index (χ1v) is 12.3. The molecule has 0 N–H and O–H groups in total. The molecule has 3 heterocycles. The second kappa shape index (κ2) is 8.84. The molecule has 0 bridgehead atoms. The van der Waals surface area contributed by atoms with Gasteiger partial charge in [-0.2, -0.15) is 0 Å². The first-order valence-electron chi connectivity index (χ1n) is 10.7. The second-order valence-electron chi connectivity index (χ2n) is 7.96. The Morgan fingerprint density at radius 1 is 0.844 bits per heavy atom. The van der Waals surface area contributed by atoms with Crippen LogP contribution in [0.4, 0.5) is 0 Å². The fourth-order valence-electron chi connectivity index (χ4n) is 3.99. The fourth-order valence-corrected chi connectivity index (χ4v) is 5.98. The van der Waals surface area contributed by atoms with E-state index in [2.05, 4.69) is 6.07 Å². The molecular formula is C25H23N3O2S2. The lowest BCUT2D eigenvalue weighted by atomic mass is 10.1. The summed E-state index contributed by atoms with van der Waals surface area (Å²) in [5.41, 5.74) is 2.77. The molecule has 1 aliphatic heterocycles. The van der Waals surface area contributed by atoms with E-state index in [1.165, 1.54) is 11.3 Å². The summed E-state index contributed by atoms with van der Waals surface area (Å²) in [6.45, 7) is 4.41. The molecule has 0 spiro atoms. The summed E-state index contributed by atoms with van der Waals surface area (Å²) in [6.07, 6.45) is 0.777. The van der Waals surface area contributed by atoms with Crippen molar-refractivity contribution in [2.75, 3.05) is 26.2 Å². The molecule has 162 valence electrons. The molecule has 5 rings (SSSR count). The van der Waals surface area contributed by atoms with Gasteiger partial charge in [0.2, 0.25) is 0 Å². The Hall–Kier alpha value is -3.03. The lowest BCUT2D eigenvalue weighted by molar-refractivity contribution is 0.0721. The van der Waals surface area contributed by atoms with Gasteiger partial charge in [0, 0.05) is 31.7 Å². The maximum absolute atomic E-state index is 13.2. The third kappa shape index (κ3) is 4.18. The Bertz CT molecular complexity index is 1260. The highest BCUT2D eigenvalue weighted by atomic mass is 32.1. The number of aromatic nitrogens is 1. The maximum atomic E-state index is 13.2. The fraction of sp³-hybridized carbons (Fsp3) is 0.240. The lowest BCUT2D eigenvalue weighted by Gasteiger charge is -2.22. The van der Waals surface area contributed by atoms with Crippen molar-refractivity contribution in [2.45, 2.75) is 13.3 Å². The number of para-hydroxylation sites is 1. The van der Waals surface area contributed by atoms with E-state index in [9.17, 15) is 9.59 Å². The van der Waals surface area contributed by atoms with Crippen molar-refractivity contribution in [3.63, 3.8) is 0 Å². The Kier molecular flexibility index (Phi) is 5.76. The molecule has 0 atom stereocenters. The van der Waals surface area contributed by atoms with Crippen LogP contribution in [0, 0.1) is 6.92 Å². The van der Waals surface area contributed by atoms with Crippen LogP contribution in [0.1, 0.15) is 32.0 Å². The van der Waals surface area contributed by atoms with Gasteiger partial charge in [-0.3, -0.25) is 9.59 Å².